The van der Waals surface area contributed by atoms with E-state index in [0.717, 1.165) is 16.9 Å². The lowest BCUT2D eigenvalue weighted by Crippen LogP contribution is -2.23. The summed E-state index contributed by atoms with van der Waals surface area (Å²) in [5, 5.41) is 0. The summed E-state index contributed by atoms with van der Waals surface area (Å²) in [6, 6.07) is 21.8. The van der Waals surface area contributed by atoms with Crippen molar-refractivity contribution in [3.05, 3.63) is 78.4 Å². The standard InChI is InChI=1S/C21H19N3O3S/c1-27-17-9-7-15(8-10-17)14-22-28(25,26)18-11-12-19-20(13-18)24-21(23-19)16-5-3-2-4-6-16/h2-13,22H,14H2,1H3,(H,23,24). The highest BCUT2D eigenvalue weighted by molar-refractivity contribution is 7.89. The molecular weight excluding hydrogens is 374 g/mol. The van der Waals surface area contributed by atoms with Crippen molar-refractivity contribution in [3.8, 4) is 17.1 Å². The molecular formula is C21H19N3O3S. The lowest BCUT2D eigenvalue weighted by atomic mass is 10.2. The molecule has 0 fully saturated rings. The molecule has 0 aliphatic heterocycles. The number of hydrogen-bond acceptors (Lipinski definition) is 4. The maximum Gasteiger partial charge on any atom is 0.240 e. The third-order valence-electron chi connectivity index (χ3n) is 4.44. The van der Waals surface area contributed by atoms with Gasteiger partial charge in [0.15, 0.2) is 0 Å². The average molecular weight is 393 g/mol. The van der Waals surface area contributed by atoms with E-state index in [4.69, 9.17) is 4.74 Å². The fraction of sp³-hybridized carbons (Fsp3) is 0.0952. The van der Waals surface area contributed by atoms with Crippen LogP contribution in [0, 0.1) is 0 Å². The Morgan fingerprint density at radius 1 is 1.00 bits per heavy atom. The normalized spacial score (nSPS) is 11.6. The zero-order chi connectivity index (χ0) is 19.6. The molecule has 4 aromatic rings. The Morgan fingerprint density at radius 2 is 1.75 bits per heavy atom. The van der Waals surface area contributed by atoms with Gasteiger partial charge in [0.25, 0.3) is 0 Å². The van der Waals surface area contributed by atoms with Crippen LogP contribution in [0.5, 0.6) is 5.75 Å². The van der Waals surface area contributed by atoms with Gasteiger partial charge in [-0.2, -0.15) is 0 Å². The van der Waals surface area contributed by atoms with Crippen molar-refractivity contribution in [2.75, 3.05) is 7.11 Å². The summed E-state index contributed by atoms with van der Waals surface area (Å²) in [7, 11) is -2.06. The first-order chi connectivity index (χ1) is 13.5. The molecule has 2 N–H and O–H groups in total. The highest BCUT2D eigenvalue weighted by atomic mass is 32.2. The molecule has 28 heavy (non-hydrogen) atoms. The van der Waals surface area contributed by atoms with Gasteiger partial charge in [-0.3, -0.25) is 0 Å². The first kappa shape index (κ1) is 18.2. The van der Waals surface area contributed by atoms with Crippen LogP contribution < -0.4 is 9.46 Å². The van der Waals surface area contributed by atoms with Crippen molar-refractivity contribution in [3.63, 3.8) is 0 Å². The minimum Gasteiger partial charge on any atom is -0.497 e. The molecule has 4 rings (SSSR count). The van der Waals surface area contributed by atoms with Crippen molar-refractivity contribution in [2.45, 2.75) is 11.4 Å². The predicted molar refractivity (Wildman–Crippen MR) is 109 cm³/mol. The Bertz CT molecular complexity index is 1200. The number of aromatic amines is 1. The van der Waals surface area contributed by atoms with Crippen LogP contribution in [0.2, 0.25) is 0 Å². The monoisotopic (exact) mass is 393 g/mol. The van der Waals surface area contributed by atoms with Crippen LogP contribution in [-0.4, -0.2) is 25.5 Å². The molecule has 1 aromatic heterocycles. The molecule has 0 spiro atoms. The molecule has 7 heteroatoms. The molecule has 0 saturated heterocycles. The molecule has 0 saturated carbocycles. The lowest BCUT2D eigenvalue weighted by Gasteiger charge is -2.07. The van der Waals surface area contributed by atoms with Gasteiger partial charge in [0.05, 0.1) is 23.0 Å². The van der Waals surface area contributed by atoms with Gasteiger partial charge in [-0.1, -0.05) is 42.5 Å². The molecule has 1 heterocycles. The number of benzene rings is 3. The van der Waals surface area contributed by atoms with E-state index >= 15 is 0 Å². The van der Waals surface area contributed by atoms with Crippen LogP contribution in [0.15, 0.2) is 77.7 Å². The SMILES string of the molecule is COc1ccc(CNS(=O)(=O)c2ccc3nc(-c4ccccc4)[nH]c3c2)cc1. The number of ether oxygens (including phenoxy) is 1. The number of hydrogen-bond donors (Lipinski definition) is 2. The number of H-pyrrole nitrogens is 1. The van der Waals surface area contributed by atoms with Crippen molar-refractivity contribution in [2.24, 2.45) is 0 Å². The van der Waals surface area contributed by atoms with Crippen LogP contribution in [-0.2, 0) is 16.6 Å². The van der Waals surface area contributed by atoms with Crippen molar-refractivity contribution in [1.82, 2.24) is 14.7 Å². The minimum absolute atomic E-state index is 0.191. The molecule has 6 nitrogen and oxygen atoms in total. The summed E-state index contributed by atoms with van der Waals surface area (Å²) in [6.45, 7) is 0.197. The second-order valence-electron chi connectivity index (χ2n) is 6.30. The number of nitrogens with zero attached hydrogens (tertiary/aromatic N) is 1. The molecule has 0 atom stereocenters. The maximum absolute atomic E-state index is 12.7. The number of methoxy groups -OCH3 is 1. The van der Waals surface area contributed by atoms with E-state index in [1.807, 2.05) is 42.5 Å². The molecule has 3 aromatic carbocycles. The lowest BCUT2D eigenvalue weighted by molar-refractivity contribution is 0.414. The van der Waals surface area contributed by atoms with Gasteiger partial charge < -0.3 is 9.72 Å². The van der Waals surface area contributed by atoms with E-state index in [0.29, 0.717) is 16.9 Å². The smallest absolute Gasteiger partial charge is 0.240 e. The van der Waals surface area contributed by atoms with Gasteiger partial charge in [0.1, 0.15) is 11.6 Å². The molecule has 0 bridgehead atoms. The van der Waals surface area contributed by atoms with Crippen LogP contribution in [0.4, 0.5) is 0 Å². The summed E-state index contributed by atoms with van der Waals surface area (Å²) < 4.78 is 33.1. The number of aromatic nitrogens is 2. The molecule has 0 amide bonds. The summed E-state index contributed by atoms with van der Waals surface area (Å²) in [4.78, 5) is 7.92. The number of sulfonamides is 1. The molecule has 0 radical (unpaired) electrons. The predicted octanol–water partition coefficient (Wildman–Crippen LogP) is 3.72. The Kier molecular flexibility index (Phi) is 4.85. The summed E-state index contributed by atoms with van der Waals surface area (Å²) in [6.07, 6.45) is 0. The first-order valence-electron chi connectivity index (χ1n) is 8.73. The average Bonchev–Trinajstić information content (AvgIpc) is 3.17. The van der Waals surface area contributed by atoms with Gasteiger partial charge in [-0.15, -0.1) is 0 Å². The third-order valence-corrected chi connectivity index (χ3v) is 5.84. The van der Waals surface area contributed by atoms with Gasteiger partial charge >= 0.3 is 0 Å². The number of rotatable bonds is 6. The number of imidazole rings is 1. The van der Waals surface area contributed by atoms with E-state index in [1.54, 1.807) is 37.4 Å². The van der Waals surface area contributed by atoms with Crippen LogP contribution in [0.25, 0.3) is 22.4 Å². The Hall–Kier alpha value is -3.16. The summed E-state index contributed by atoms with van der Waals surface area (Å²) in [5.41, 5.74) is 3.18. The molecule has 0 unspecified atom stereocenters. The van der Waals surface area contributed by atoms with Crippen LogP contribution in [0.1, 0.15) is 5.56 Å². The first-order valence-corrected chi connectivity index (χ1v) is 10.2. The quantitative estimate of drug-likeness (QED) is 0.523. The van der Waals surface area contributed by atoms with E-state index in [2.05, 4.69) is 14.7 Å². The minimum atomic E-state index is -3.65. The fourth-order valence-electron chi connectivity index (χ4n) is 2.89. The van der Waals surface area contributed by atoms with Gasteiger partial charge in [-0.25, -0.2) is 18.1 Å². The Labute approximate surface area is 163 Å². The van der Waals surface area contributed by atoms with Crippen LogP contribution in [0.3, 0.4) is 0 Å². The Balaban J connectivity index is 1.56. The molecule has 0 aliphatic rings. The summed E-state index contributed by atoms with van der Waals surface area (Å²) >= 11 is 0. The van der Waals surface area contributed by atoms with Crippen LogP contribution >= 0.6 is 0 Å². The van der Waals surface area contributed by atoms with Crippen molar-refractivity contribution < 1.29 is 13.2 Å². The second kappa shape index (κ2) is 7.46. The topological polar surface area (TPSA) is 84.1 Å². The van der Waals surface area contributed by atoms with Gasteiger partial charge in [-0.05, 0) is 35.9 Å². The summed E-state index contributed by atoms with van der Waals surface area (Å²) in [5.74, 6) is 1.43. The third kappa shape index (κ3) is 3.76. The van der Waals surface area contributed by atoms with Gasteiger partial charge in [0.2, 0.25) is 10.0 Å². The van der Waals surface area contributed by atoms with Gasteiger partial charge in [0, 0.05) is 12.1 Å². The highest BCUT2D eigenvalue weighted by Gasteiger charge is 2.16. The van der Waals surface area contributed by atoms with Crippen molar-refractivity contribution in [1.29, 1.82) is 0 Å². The highest BCUT2D eigenvalue weighted by Crippen LogP contribution is 2.23. The number of nitrogens with one attached hydrogen (secondary N) is 2. The maximum atomic E-state index is 12.7. The Morgan fingerprint density at radius 3 is 2.46 bits per heavy atom. The molecule has 0 aliphatic carbocycles. The zero-order valence-corrected chi connectivity index (χ0v) is 16.0. The van der Waals surface area contributed by atoms with E-state index < -0.39 is 10.0 Å². The van der Waals surface area contributed by atoms with Crippen molar-refractivity contribution >= 4 is 21.1 Å². The second-order valence-corrected chi connectivity index (χ2v) is 8.07. The van der Waals surface area contributed by atoms with E-state index in [1.165, 1.54) is 0 Å². The largest absolute Gasteiger partial charge is 0.497 e. The zero-order valence-electron chi connectivity index (χ0n) is 15.2. The van der Waals surface area contributed by atoms with E-state index in [-0.39, 0.29) is 11.4 Å². The number of fused-ring (bicyclic) bond motifs is 1. The van der Waals surface area contributed by atoms with E-state index in [9.17, 15) is 8.42 Å². The fourth-order valence-corrected chi connectivity index (χ4v) is 3.94. The molecule has 142 valence electrons.